The summed E-state index contributed by atoms with van der Waals surface area (Å²) in [6.07, 6.45) is 5.65. The van der Waals surface area contributed by atoms with Crippen molar-refractivity contribution >= 4 is 43.2 Å². The highest BCUT2D eigenvalue weighted by molar-refractivity contribution is 8.87. The SMILES string of the molecule is CCC([SH](C)S)[SH](C)S. The smallest absolute Gasteiger partial charge is 0.0295 e. The molecule has 2 unspecified atom stereocenters. The first-order valence-corrected chi connectivity index (χ1v) is 8.95. The van der Waals surface area contributed by atoms with Gasteiger partial charge in [0.05, 0.1) is 0 Å². The van der Waals surface area contributed by atoms with Crippen molar-refractivity contribution in [3.05, 3.63) is 0 Å². The Bertz CT molecular complexity index is 63.4. The molecular formula is C5H16S4. The maximum absolute atomic E-state index is 4.44. The van der Waals surface area contributed by atoms with E-state index < -0.39 is 0 Å². The van der Waals surface area contributed by atoms with Gasteiger partial charge in [-0.25, -0.2) is 0 Å². The molecule has 0 amide bonds. The lowest BCUT2D eigenvalue weighted by Crippen LogP contribution is -1.99. The van der Waals surface area contributed by atoms with Gasteiger partial charge < -0.3 is 0 Å². The Morgan fingerprint density at radius 1 is 1.22 bits per heavy atom. The molecule has 0 fully saturated rings. The summed E-state index contributed by atoms with van der Waals surface area (Å²) < 4.78 is 0.779. The van der Waals surface area contributed by atoms with Crippen LogP contribution in [0.4, 0.5) is 0 Å². The average Bonchev–Trinajstić information content (AvgIpc) is 1.64. The van der Waals surface area contributed by atoms with Crippen LogP contribution in [0.25, 0.3) is 0 Å². The van der Waals surface area contributed by atoms with Gasteiger partial charge in [0.1, 0.15) is 0 Å². The van der Waals surface area contributed by atoms with E-state index in [1.807, 2.05) is 0 Å². The summed E-state index contributed by atoms with van der Waals surface area (Å²) in [5.74, 6) is 0. The van der Waals surface area contributed by atoms with E-state index in [-0.39, 0.29) is 19.9 Å². The molecule has 0 radical (unpaired) electrons. The molecule has 0 spiro atoms. The predicted molar refractivity (Wildman–Crippen MR) is 61.9 cm³/mol. The van der Waals surface area contributed by atoms with Crippen LogP contribution in [0.1, 0.15) is 13.3 Å². The van der Waals surface area contributed by atoms with Crippen molar-refractivity contribution in [2.75, 3.05) is 12.5 Å². The molecule has 0 aliphatic rings. The van der Waals surface area contributed by atoms with Crippen LogP contribution in [0.3, 0.4) is 0 Å². The van der Waals surface area contributed by atoms with E-state index >= 15 is 0 Å². The van der Waals surface area contributed by atoms with Gasteiger partial charge in [0.15, 0.2) is 0 Å². The Labute approximate surface area is 73.5 Å². The zero-order chi connectivity index (χ0) is 7.44. The van der Waals surface area contributed by atoms with Crippen LogP contribution < -0.4 is 0 Å². The molecule has 0 rings (SSSR count). The Kier molecular flexibility index (Phi) is 5.90. The lowest BCUT2D eigenvalue weighted by atomic mass is 10.6. The van der Waals surface area contributed by atoms with E-state index in [9.17, 15) is 0 Å². The first-order valence-electron chi connectivity index (χ1n) is 2.93. The average molecular weight is 204 g/mol. The van der Waals surface area contributed by atoms with Gasteiger partial charge >= 0.3 is 0 Å². The van der Waals surface area contributed by atoms with Crippen molar-refractivity contribution < 1.29 is 0 Å². The minimum atomic E-state index is -0.0566. The van der Waals surface area contributed by atoms with Crippen LogP contribution in [0.15, 0.2) is 0 Å². The second kappa shape index (κ2) is 5.10. The number of rotatable bonds is 3. The molecule has 9 heavy (non-hydrogen) atoms. The van der Waals surface area contributed by atoms with Gasteiger partial charge in [0.2, 0.25) is 0 Å². The van der Waals surface area contributed by atoms with E-state index in [4.69, 9.17) is 0 Å². The van der Waals surface area contributed by atoms with Crippen LogP contribution in [-0.2, 0) is 0 Å². The monoisotopic (exact) mass is 204 g/mol. The molecule has 0 aliphatic carbocycles. The molecule has 0 aromatic carbocycles. The Morgan fingerprint density at radius 3 is 1.56 bits per heavy atom. The Hall–Kier alpha value is 1.40. The summed E-state index contributed by atoms with van der Waals surface area (Å²) in [5, 5.41) is 0. The fourth-order valence-electron chi connectivity index (χ4n) is 0.770. The maximum Gasteiger partial charge on any atom is 0.0295 e. The third kappa shape index (κ3) is 3.96. The van der Waals surface area contributed by atoms with Crippen LogP contribution in [0.5, 0.6) is 0 Å². The highest BCUT2D eigenvalue weighted by Gasteiger charge is 2.10. The third-order valence-electron chi connectivity index (χ3n) is 1.23. The summed E-state index contributed by atoms with van der Waals surface area (Å²) >= 11 is 8.89. The summed E-state index contributed by atoms with van der Waals surface area (Å²) in [6, 6.07) is 0. The van der Waals surface area contributed by atoms with Crippen LogP contribution in [-0.4, -0.2) is 17.1 Å². The largest absolute Gasteiger partial charge is 0.199 e. The van der Waals surface area contributed by atoms with Crippen molar-refractivity contribution in [2.45, 2.75) is 17.9 Å². The molecule has 0 saturated heterocycles. The van der Waals surface area contributed by atoms with Gasteiger partial charge in [-0.3, -0.25) is 0 Å². The van der Waals surface area contributed by atoms with Crippen molar-refractivity contribution in [3.63, 3.8) is 0 Å². The summed E-state index contributed by atoms with van der Waals surface area (Å²) in [6.45, 7) is 2.22. The molecule has 0 aromatic heterocycles. The molecule has 0 aromatic rings. The molecule has 0 bridgehead atoms. The zero-order valence-electron chi connectivity index (χ0n) is 6.07. The van der Waals surface area contributed by atoms with Gasteiger partial charge in [-0.15, -0.1) is 23.3 Å². The van der Waals surface area contributed by atoms with Gasteiger partial charge in [-0.1, -0.05) is 6.92 Å². The number of hydrogen-bond acceptors (Lipinski definition) is 2. The molecule has 0 aliphatic heterocycles. The van der Waals surface area contributed by atoms with Crippen molar-refractivity contribution in [1.82, 2.24) is 0 Å². The van der Waals surface area contributed by atoms with Crippen molar-refractivity contribution in [1.29, 1.82) is 0 Å². The van der Waals surface area contributed by atoms with Gasteiger partial charge in [0, 0.05) is 4.58 Å². The maximum atomic E-state index is 4.44. The molecule has 0 heterocycles. The van der Waals surface area contributed by atoms with Gasteiger partial charge in [-0.05, 0) is 18.9 Å². The molecule has 0 N–H and O–H groups in total. The van der Waals surface area contributed by atoms with E-state index in [1.54, 1.807) is 0 Å². The lowest BCUT2D eigenvalue weighted by Gasteiger charge is -2.27. The summed E-state index contributed by atoms with van der Waals surface area (Å²) in [4.78, 5) is 0. The second-order valence-electron chi connectivity index (χ2n) is 2.04. The van der Waals surface area contributed by atoms with E-state index in [0.29, 0.717) is 0 Å². The number of thiol groups is 4. The Morgan fingerprint density at radius 2 is 1.56 bits per heavy atom. The minimum absolute atomic E-state index is 0.0566. The summed E-state index contributed by atoms with van der Waals surface area (Å²) in [5.41, 5.74) is 0. The minimum Gasteiger partial charge on any atom is -0.199 e. The topological polar surface area (TPSA) is 0 Å². The quantitative estimate of drug-likeness (QED) is 0.394. The molecule has 2 atom stereocenters. The van der Waals surface area contributed by atoms with E-state index in [1.165, 1.54) is 6.42 Å². The highest BCUT2D eigenvalue weighted by Crippen LogP contribution is 2.49. The van der Waals surface area contributed by atoms with Crippen molar-refractivity contribution in [2.24, 2.45) is 0 Å². The molecular weight excluding hydrogens is 188 g/mol. The zero-order valence-corrected chi connectivity index (χ0v) is 9.65. The third-order valence-corrected chi connectivity index (χ3v) is 8.53. The molecule has 0 saturated carbocycles. The Balaban J connectivity index is 3.68. The molecule has 60 valence electrons. The van der Waals surface area contributed by atoms with Crippen LogP contribution >= 0.6 is 43.2 Å². The molecule has 0 nitrogen and oxygen atoms in total. The van der Waals surface area contributed by atoms with Gasteiger partial charge in [0.25, 0.3) is 0 Å². The standard InChI is InChI=1S/C5H16S4/c1-4-5(8(2)6)9(3)7/h5-9H,4H2,1-3H3. The number of hydrogen-bond donors (Lipinski definition) is 4. The predicted octanol–water partition coefficient (Wildman–Crippen LogP) is 2.67. The van der Waals surface area contributed by atoms with Crippen molar-refractivity contribution in [3.8, 4) is 0 Å². The normalized spacial score (nSPS) is 25.0. The van der Waals surface area contributed by atoms with Crippen LogP contribution in [0, 0.1) is 0 Å². The second-order valence-corrected chi connectivity index (χ2v) is 9.77. The fourth-order valence-corrected chi connectivity index (χ4v) is 8.26. The van der Waals surface area contributed by atoms with Gasteiger partial charge in [-0.2, -0.15) is 19.9 Å². The van der Waals surface area contributed by atoms with Crippen LogP contribution in [0.2, 0.25) is 0 Å². The van der Waals surface area contributed by atoms with E-state index in [2.05, 4.69) is 42.8 Å². The first kappa shape index (κ1) is 10.4. The molecule has 4 heteroatoms. The van der Waals surface area contributed by atoms with E-state index in [0.717, 1.165) is 4.58 Å². The first-order chi connectivity index (χ1) is 4.09. The summed E-state index contributed by atoms with van der Waals surface area (Å²) in [7, 11) is -0.113. The fraction of sp³-hybridized carbons (Fsp3) is 1.00. The lowest BCUT2D eigenvalue weighted by molar-refractivity contribution is 1.06. The highest BCUT2D eigenvalue weighted by atomic mass is 33.1.